The van der Waals surface area contributed by atoms with Crippen molar-refractivity contribution < 1.29 is 5.11 Å². The van der Waals surface area contributed by atoms with Crippen molar-refractivity contribution >= 4 is 17.4 Å². The van der Waals surface area contributed by atoms with Crippen molar-refractivity contribution in [2.75, 3.05) is 18.0 Å². The van der Waals surface area contributed by atoms with E-state index < -0.39 is 6.10 Å². The summed E-state index contributed by atoms with van der Waals surface area (Å²) >= 11 is 1.56. The number of aliphatic hydroxyl groups is 1. The molecule has 1 unspecified atom stereocenters. The first-order valence-electron chi connectivity index (χ1n) is 4.09. The molecule has 72 valence electrons. The summed E-state index contributed by atoms with van der Waals surface area (Å²) in [5, 5.41) is 9.21. The number of nitrogens with two attached hydrogens (primary N) is 2. The molecule has 4 heteroatoms. The van der Waals surface area contributed by atoms with Gasteiger partial charge >= 0.3 is 0 Å². The summed E-state index contributed by atoms with van der Waals surface area (Å²) in [7, 11) is 0. The van der Waals surface area contributed by atoms with Crippen molar-refractivity contribution in [3.8, 4) is 0 Å². The first-order valence-corrected chi connectivity index (χ1v) is 5.07. The van der Waals surface area contributed by atoms with Crippen LogP contribution in [0.4, 0.5) is 5.69 Å². The quantitative estimate of drug-likeness (QED) is 0.491. The lowest BCUT2D eigenvalue weighted by Crippen LogP contribution is -2.21. The van der Waals surface area contributed by atoms with E-state index in [0.29, 0.717) is 12.3 Å². The lowest BCUT2D eigenvalue weighted by Gasteiger charge is -2.06. The summed E-state index contributed by atoms with van der Waals surface area (Å²) in [6.07, 6.45) is -0.438. The van der Waals surface area contributed by atoms with Crippen molar-refractivity contribution in [1.29, 1.82) is 0 Å². The number of anilines is 1. The molecule has 3 nitrogen and oxygen atoms in total. The molecule has 5 N–H and O–H groups in total. The first kappa shape index (κ1) is 10.4. The van der Waals surface area contributed by atoms with Crippen LogP contribution in [-0.4, -0.2) is 23.5 Å². The average Bonchev–Trinajstić information content (AvgIpc) is 2.14. The van der Waals surface area contributed by atoms with E-state index in [1.165, 1.54) is 0 Å². The van der Waals surface area contributed by atoms with Crippen LogP contribution in [-0.2, 0) is 0 Å². The van der Waals surface area contributed by atoms with Gasteiger partial charge in [-0.2, -0.15) is 0 Å². The van der Waals surface area contributed by atoms with E-state index in [4.69, 9.17) is 11.5 Å². The standard InChI is InChI=1S/C9H14N2OS/c10-5-8(12)6-13-9-3-1-2-7(11)4-9/h1-4,8,12H,5-6,10-11H2. The molecule has 0 fully saturated rings. The molecule has 1 atom stereocenters. The molecular formula is C9H14N2OS. The van der Waals surface area contributed by atoms with Crippen molar-refractivity contribution in [2.45, 2.75) is 11.0 Å². The summed E-state index contributed by atoms with van der Waals surface area (Å²) in [6.45, 7) is 0.301. The van der Waals surface area contributed by atoms with Crippen molar-refractivity contribution in [2.24, 2.45) is 5.73 Å². The normalized spacial score (nSPS) is 12.8. The van der Waals surface area contributed by atoms with E-state index in [1.54, 1.807) is 11.8 Å². The van der Waals surface area contributed by atoms with Gasteiger partial charge in [-0.3, -0.25) is 0 Å². The Balaban J connectivity index is 2.45. The molecule has 0 aromatic heterocycles. The Morgan fingerprint density at radius 2 is 2.23 bits per heavy atom. The number of hydrogen-bond acceptors (Lipinski definition) is 4. The smallest absolute Gasteiger partial charge is 0.0756 e. The summed E-state index contributed by atoms with van der Waals surface area (Å²) < 4.78 is 0. The van der Waals surface area contributed by atoms with Crippen molar-refractivity contribution in [1.82, 2.24) is 0 Å². The van der Waals surface area contributed by atoms with Gasteiger partial charge in [-0.15, -0.1) is 11.8 Å². The Kier molecular flexibility index (Phi) is 4.08. The third kappa shape index (κ3) is 3.67. The fraction of sp³-hybridized carbons (Fsp3) is 0.333. The molecule has 13 heavy (non-hydrogen) atoms. The number of nitrogen functional groups attached to an aromatic ring is 1. The molecule has 1 rings (SSSR count). The highest BCUT2D eigenvalue weighted by molar-refractivity contribution is 7.99. The number of thioether (sulfide) groups is 1. The summed E-state index contributed by atoms with van der Waals surface area (Å²) in [5.74, 6) is 0.611. The highest BCUT2D eigenvalue weighted by Gasteiger charge is 2.01. The zero-order valence-corrected chi connectivity index (χ0v) is 8.13. The van der Waals surface area contributed by atoms with E-state index in [-0.39, 0.29) is 0 Å². The van der Waals surface area contributed by atoms with E-state index in [2.05, 4.69) is 0 Å². The summed E-state index contributed by atoms with van der Waals surface area (Å²) in [4.78, 5) is 1.06. The number of rotatable bonds is 4. The van der Waals surface area contributed by atoms with Crippen LogP contribution in [0.25, 0.3) is 0 Å². The van der Waals surface area contributed by atoms with Gasteiger partial charge in [-0.25, -0.2) is 0 Å². The van der Waals surface area contributed by atoms with Crippen LogP contribution in [0, 0.1) is 0 Å². The molecule has 0 radical (unpaired) electrons. The van der Waals surface area contributed by atoms with Gasteiger partial charge in [0.2, 0.25) is 0 Å². The largest absolute Gasteiger partial charge is 0.399 e. The molecule has 1 aromatic rings. The predicted octanol–water partition coefficient (Wildman–Crippen LogP) is 0.681. The maximum atomic E-state index is 9.21. The fourth-order valence-corrected chi connectivity index (χ4v) is 1.78. The maximum absolute atomic E-state index is 9.21. The molecule has 0 aliphatic rings. The molecular weight excluding hydrogens is 184 g/mol. The highest BCUT2D eigenvalue weighted by Crippen LogP contribution is 2.20. The number of benzene rings is 1. The van der Waals surface area contributed by atoms with Gasteiger partial charge in [0.25, 0.3) is 0 Å². The molecule has 0 aliphatic carbocycles. The summed E-state index contributed by atoms with van der Waals surface area (Å²) in [5.41, 5.74) is 11.6. The molecule has 0 saturated heterocycles. The maximum Gasteiger partial charge on any atom is 0.0756 e. The Bertz CT molecular complexity index is 268. The van der Waals surface area contributed by atoms with Crippen LogP contribution >= 0.6 is 11.8 Å². The van der Waals surface area contributed by atoms with E-state index in [1.807, 2.05) is 24.3 Å². The van der Waals surface area contributed by atoms with Crippen LogP contribution in [0.5, 0.6) is 0 Å². The Labute approximate surface area is 82.1 Å². The Morgan fingerprint density at radius 3 is 2.85 bits per heavy atom. The molecule has 0 aliphatic heterocycles. The Hall–Kier alpha value is -0.710. The minimum Gasteiger partial charge on any atom is -0.399 e. The second-order valence-corrected chi connectivity index (χ2v) is 3.87. The van der Waals surface area contributed by atoms with Gasteiger partial charge in [0.15, 0.2) is 0 Å². The number of hydrogen-bond donors (Lipinski definition) is 3. The SMILES string of the molecule is NCC(O)CSc1cccc(N)c1. The second kappa shape index (κ2) is 5.11. The Morgan fingerprint density at radius 1 is 1.46 bits per heavy atom. The average molecular weight is 198 g/mol. The molecule has 0 heterocycles. The second-order valence-electron chi connectivity index (χ2n) is 2.77. The topological polar surface area (TPSA) is 72.3 Å². The predicted molar refractivity (Wildman–Crippen MR) is 56.6 cm³/mol. The van der Waals surface area contributed by atoms with Gasteiger partial charge < -0.3 is 16.6 Å². The van der Waals surface area contributed by atoms with Crippen molar-refractivity contribution in [3.63, 3.8) is 0 Å². The van der Waals surface area contributed by atoms with Gasteiger partial charge in [0, 0.05) is 22.9 Å². The molecule has 0 bridgehead atoms. The van der Waals surface area contributed by atoms with Gasteiger partial charge in [0.05, 0.1) is 6.10 Å². The lowest BCUT2D eigenvalue weighted by molar-refractivity contribution is 0.208. The third-order valence-corrected chi connectivity index (χ3v) is 2.71. The minimum absolute atomic E-state index is 0.301. The third-order valence-electron chi connectivity index (χ3n) is 1.57. The minimum atomic E-state index is -0.438. The van der Waals surface area contributed by atoms with Crippen LogP contribution in [0.2, 0.25) is 0 Å². The lowest BCUT2D eigenvalue weighted by atomic mass is 10.3. The van der Waals surface area contributed by atoms with Crippen LogP contribution in [0.3, 0.4) is 0 Å². The van der Waals surface area contributed by atoms with E-state index >= 15 is 0 Å². The molecule has 0 amide bonds. The molecule has 0 spiro atoms. The van der Waals surface area contributed by atoms with Crippen LogP contribution in [0.15, 0.2) is 29.2 Å². The molecule has 0 saturated carbocycles. The van der Waals surface area contributed by atoms with E-state index in [0.717, 1.165) is 10.6 Å². The molecule has 1 aromatic carbocycles. The zero-order chi connectivity index (χ0) is 9.68. The van der Waals surface area contributed by atoms with Crippen LogP contribution in [0.1, 0.15) is 0 Å². The monoisotopic (exact) mass is 198 g/mol. The van der Waals surface area contributed by atoms with Gasteiger partial charge in [0.1, 0.15) is 0 Å². The van der Waals surface area contributed by atoms with Gasteiger partial charge in [-0.05, 0) is 18.2 Å². The first-order chi connectivity index (χ1) is 6.22. The number of aliphatic hydroxyl groups excluding tert-OH is 1. The summed E-state index contributed by atoms with van der Waals surface area (Å²) in [6, 6.07) is 7.58. The van der Waals surface area contributed by atoms with Crippen LogP contribution < -0.4 is 11.5 Å². The zero-order valence-electron chi connectivity index (χ0n) is 7.31. The van der Waals surface area contributed by atoms with Crippen molar-refractivity contribution in [3.05, 3.63) is 24.3 Å². The van der Waals surface area contributed by atoms with E-state index in [9.17, 15) is 5.11 Å². The van der Waals surface area contributed by atoms with Gasteiger partial charge in [-0.1, -0.05) is 6.07 Å². The fourth-order valence-electron chi connectivity index (χ4n) is 0.865. The highest BCUT2D eigenvalue weighted by atomic mass is 32.2.